The van der Waals surface area contributed by atoms with Gasteiger partial charge in [-0.15, -0.1) is 0 Å². The van der Waals surface area contributed by atoms with E-state index in [1.807, 2.05) is 29.7 Å². The lowest BCUT2D eigenvalue weighted by Gasteiger charge is -2.11. The number of carbonyl (C=O) groups is 1. The number of nitrogen functional groups attached to an aromatic ring is 1. The van der Waals surface area contributed by atoms with Crippen LogP contribution in [0.4, 0.5) is 5.82 Å². The van der Waals surface area contributed by atoms with Crippen molar-refractivity contribution in [3.63, 3.8) is 0 Å². The van der Waals surface area contributed by atoms with Crippen LogP contribution in [0.25, 0.3) is 28.5 Å². The van der Waals surface area contributed by atoms with E-state index < -0.39 is 6.10 Å². The number of oxazole rings is 1. The first-order valence-corrected chi connectivity index (χ1v) is 9.16. The number of pyridine rings is 1. The number of carbonyl (C=O) groups excluding carboxylic acids is 1. The van der Waals surface area contributed by atoms with E-state index in [1.54, 1.807) is 13.1 Å². The number of Topliss-reactive ketones (excluding diaryl/α,β-unsaturated/α-hetero) is 1. The summed E-state index contributed by atoms with van der Waals surface area (Å²) in [7, 11) is 0. The van der Waals surface area contributed by atoms with E-state index in [1.165, 1.54) is 12.5 Å². The number of aliphatic hydroxyl groups excluding tert-OH is 1. The lowest BCUT2D eigenvalue weighted by atomic mass is 10.1. The minimum absolute atomic E-state index is 0.00238. The first-order chi connectivity index (χ1) is 13.9. The molecule has 0 saturated carbocycles. The summed E-state index contributed by atoms with van der Waals surface area (Å²) in [5.74, 6) is -0.0296. The van der Waals surface area contributed by atoms with Crippen molar-refractivity contribution in [1.29, 1.82) is 0 Å². The molecule has 0 fully saturated rings. The van der Waals surface area contributed by atoms with Gasteiger partial charge >= 0.3 is 0 Å². The second-order valence-corrected chi connectivity index (χ2v) is 6.85. The third-order valence-electron chi connectivity index (χ3n) is 4.58. The van der Waals surface area contributed by atoms with Crippen LogP contribution in [0.5, 0.6) is 0 Å². The summed E-state index contributed by atoms with van der Waals surface area (Å²) in [5, 5.41) is 9.48. The lowest BCUT2D eigenvalue weighted by Crippen LogP contribution is -2.13. The predicted octanol–water partition coefficient (Wildman–Crippen LogP) is 2.68. The molecule has 0 radical (unpaired) electrons. The van der Waals surface area contributed by atoms with Crippen LogP contribution in [0.3, 0.4) is 0 Å². The van der Waals surface area contributed by atoms with E-state index >= 15 is 0 Å². The molecule has 3 N–H and O–H groups in total. The maximum absolute atomic E-state index is 12.6. The molecule has 9 nitrogen and oxygen atoms in total. The van der Waals surface area contributed by atoms with Crippen LogP contribution in [-0.4, -0.2) is 41.3 Å². The van der Waals surface area contributed by atoms with Crippen LogP contribution >= 0.6 is 0 Å². The molecule has 0 aliphatic rings. The maximum Gasteiger partial charge on any atom is 0.247 e. The van der Waals surface area contributed by atoms with Crippen molar-refractivity contribution in [2.45, 2.75) is 32.8 Å². The van der Waals surface area contributed by atoms with E-state index in [0.717, 1.165) is 11.3 Å². The monoisotopic (exact) mass is 392 g/mol. The highest BCUT2D eigenvalue weighted by atomic mass is 16.3. The Hall–Kier alpha value is -3.59. The Bertz CT molecular complexity index is 1180. The summed E-state index contributed by atoms with van der Waals surface area (Å²) in [5.41, 5.74) is 9.34. The highest BCUT2D eigenvalue weighted by Gasteiger charge is 2.22. The molecule has 0 aromatic carbocycles. The van der Waals surface area contributed by atoms with Crippen LogP contribution in [0.2, 0.25) is 0 Å². The number of hydrogen-bond acceptors (Lipinski definition) is 8. The van der Waals surface area contributed by atoms with Crippen molar-refractivity contribution >= 4 is 17.2 Å². The van der Waals surface area contributed by atoms with Gasteiger partial charge in [-0.25, -0.2) is 19.9 Å². The average Bonchev–Trinajstić information content (AvgIpc) is 3.36. The van der Waals surface area contributed by atoms with Crippen molar-refractivity contribution in [2.75, 3.05) is 5.73 Å². The predicted molar refractivity (Wildman–Crippen MR) is 106 cm³/mol. The van der Waals surface area contributed by atoms with Crippen LogP contribution in [0.1, 0.15) is 35.9 Å². The zero-order valence-electron chi connectivity index (χ0n) is 16.0. The maximum atomic E-state index is 12.6. The molecule has 0 unspecified atom stereocenters. The number of rotatable bonds is 6. The quantitative estimate of drug-likeness (QED) is 0.479. The summed E-state index contributed by atoms with van der Waals surface area (Å²) in [6.07, 6.45) is 6.42. The SMILES string of the molecule is Cc1cnc2ccc(-c3nc(C(=O)CC[C@H](C)O)c(N)nc3-c3ncco3)cn12. The molecular weight excluding hydrogens is 372 g/mol. The Morgan fingerprint density at radius 3 is 2.83 bits per heavy atom. The van der Waals surface area contributed by atoms with Gasteiger partial charge in [0.2, 0.25) is 5.89 Å². The number of aryl methyl sites for hydroxylation is 1. The van der Waals surface area contributed by atoms with Crippen LogP contribution in [-0.2, 0) is 0 Å². The van der Waals surface area contributed by atoms with Gasteiger partial charge in [0.25, 0.3) is 0 Å². The molecule has 148 valence electrons. The van der Waals surface area contributed by atoms with Gasteiger partial charge in [-0.2, -0.15) is 0 Å². The van der Waals surface area contributed by atoms with E-state index in [0.29, 0.717) is 23.4 Å². The van der Waals surface area contributed by atoms with E-state index in [-0.39, 0.29) is 29.6 Å². The van der Waals surface area contributed by atoms with E-state index in [9.17, 15) is 9.90 Å². The number of aromatic nitrogens is 5. The number of nitrogens with zero attached hydrogens (tertiary/aromatic N) is 5. The molecule has 4 aromatic heterocycles. The first-order valence-electron chi connectivity index (χ1n) is 9.16. The van der Waals surface area contributed by atoms with Gasteiger partial charge in [0.05, 0.1) is 12.3 Å². The topological polar surface area (TPSA) is 132 Å². The number of hydrogen-bond donors (Lipinski definition) is 2. The van der Waals surface area contributed by atoms with Gasteiger partial charge < -0.3 is 19.7 Å². The lowest BCUT2D eigenvalue weighted by molar-refractivity contribution is 0.0945. The Morgan fingerprint density at radius 2 is 2.10 bits per heavy atom. The second-order valence-electron chi connectivity index (χ2n) is 6.85. The van der Waals surface area contributed by atoms with Crippen molar-refractivity contribution in [2.24, 2.45) is 0 Å². The molecule has 0 aliphatic carbocycles. The number of nitrogens with two attached hydrogens (primary N) is 1. The van der Waals surface area contributed by atoms with Crippen molar-refractivity contribution < 1.29 is 14.3 Å². The zero-order chi connectivity index (χ0) is 20.5. The number of ketones is 1. The zero-order valence-corrected chi connectivity index (χ0v) is 16.0. The first kappa shape index (κ1) is 18.8. The summed E-state index contributed by atoms with van der Waals surface area (Å²) in [4.78, 5) is 30.0. The number of fused-ring (bicyclic) bond motifs is 1. The van der Waals surface area contributed by atoms with Gasteiger partial charge in [-0.3, -0.25) is 4.79 Å². The number of aliphatic hydroxyl groups is 1. The van der Waals surface area contributed by atoms with Gasteiger partial charge in [0.15, 0.2) is 17.3 Å². The molecular formula is C20H20N6O3. The fourth-order valence-electron chi connectivity index (χ4n) is 3.05. The summed E-state index contributed by atoms with van der Waals surface area (Å²) in [6.45, 7) is 3.57. The minimum Gasteiger partial charge on any atom is -0.443 e. The van der Waals surface area contributed by atoms with Crippen LogP contribution < -0.4 is 5.73 Å². The Labute approximate surface area is 166 Å². The molecule has 0 amide bonds. The van der Waals surface area contributed by atoms with Crippen LogP contribution in [0, 0.1) is 6.92 Å². The van der Waals surface area contributed by atoms with E-state index in [4.69, 9.17) is 10.2 Å². The molecule has 0 aliphatic heterocycles. The van der Waals surface area contributed by atoms with Crippen LogP contribution in [0.15, 0.2) is 41.4 Å². The van der Waals surface area contributed by atoms with Crippen molar-refractivity contribution in [3.05, 3.63) is 48.4 Å². The standard InChI is InChI=1S/C20H20N6O3/c1-11-9-23-15-6-4-13(10-26(11)15)16-18(20-22-7-8-29-20)25-19(21)17(24-16)14(28)5-3-12(2)27/h4,6-10,12,27H,3,5H2,1-2H3,(H2,21,25)/t12-/m0/s1. The molecule has 1 atom stereocenters. The third kappa shape index (κ3) is 3.59. The highest BCUT2D eigenvalue weighted by molar-refractivity contribution is 5.99. The molecule has 0 spiro atoms. The number of anilines is 1. The molecule has 4 aromatic rings. The van der Waals surface area contributed by atoms with Gasteiger partial charge in [-0.05, 0) is 32.4 Å². The smallest absolute Gasteiger partial charge is 0.247 e. The second kappa shape index (κ2) is 7.44. The fourth-order valence-corrected chi connectivity index (χ4v) is 3.05. The fraction of sp³-hybridized carbons (Fsp3) is 0.250. The average molecular weight is 392 g/mol. The molecule has 29 heavy (non-hydrogen) atoms. The molecule has 4 rings (SSSR count). The molecule has 9 heteroatoms. The minimum atomic E-state index is -0.592. The molecule has 0 bridgehead atoms. The summed E-state index contributed by atoms with van der Waals surface area (Å²) >= 11 is 0. The van der Waals surface area contributed by atoms with Gasteiger partial charge in [0, 0.05) is 30.1 Å². The van der Waals surface area contributed by atoms with Crippen molar-refractivity contribution in [1.82, 2.24) is 24.3 Å². The highest BCUT2D eigenvalue weighted by Crippen LogP contribution is 2.30. The molecule has 0 saturated heterocycles. The van der Waals surface area contributed by atoms with Gasteiger partial charge in [0.1, 0.15) is 23.3 Å². The normalized spacial score (nSPS) is 12.4. The summed E-state index contributed by atoms with van der Waals surface area (Å²) < 4.78 is 7.32. The summed E-state index contributed by atoms with van der Waals surface area (Å²) in [6, 6.07) is 3.70. The molecule has 4 heterocycles. The Morgan fingerprint density at radius 1 is 1.28 bits per heavy atom. The number of imidazole rings is 1. The Kier molecular flexibility index (Phi) is 4.81. The van der Waals surface area contributed by atoms with Crippen molar-refractivity contribution in [3.8, 4) is 22.8 Å². The largest absolute Gasteiger partial charge is 0.443 e. The van der Waals surface area contributed by atoms with Gasteiger partial charge in [-0.1, -0.05) is 0 Å². The van der Waals surface area contributed by atoms with E-state index in [2.05, 4.69) is 19.9 Å². The Balaban J connectivity index is 1.87. The third-order valence-corrected chi connectivity index (χ3v) is 4.58.